The predicted octanol–water partition coefficient (Wildman–Crippen LogP) is 2.76. The fourth-order valence-electron chi connectivity index (χ4n) is 1.71. The highest BCUT2D eigenvalue weighted by Gasteiger charge is 2.27. The molecule has 0 fully saturated rings. The van der Waals surface area contributed by atoms with Gasteiger partial charge in [0.25, 0.3) is 0 Å². The Morgan fingerprint density at radius 3 is 2.52 bits per heavy atom. The van der Waals surface area contributed by atoms with Crippen LogP contribution < -0.4 is 14.8 Å². The van der Waals surface area contributed by atoms with Crippen molar-refractivity contribution in [2.75, 3.05) is 33.5 Å². The second-order valence-electron chi connectivity index (χ2n) is 4.22. The van der Waals surface area contributed by atoms with Crippen LogP contribution in [-0.4, -0.2) is 39.7 Å². The lowest BCUT2D eigenvalue weighted by molar-refractivity contribution is -0.175. The van der Waals surface area contributed by atoms with Gasteiger partial charge < -0.3 is 19.5 Å². The van der Waals surface area contributed by atoms with Crippen molar-refractivity contribution in [2.45, 2.75) is 19.6 Å². The van der Waals surface area contributed by atoms with Gasteiger partial charge in [0.2, 0.25) is 0 Å². The first-order chi connectivity index (χ1) is 9.98. The molecule has 1 aromatic carbocycles. The van der Waals surface area contributed by atoms with Gasteiger partial charge in [-0.05, 0) is 20.0 Å². The third-order valence-electron chi connectivity index (χ3n) is 2.47. The number of rotatable bonds is 9. The molecule has 0 saturated heterocycles. The molecular weight excluding hydrogens is 287 g/mol. The van der Waals surface area contributed by atoms with Crippen LogP contribution in [0.5, 0.6) is 11.5 Å². The number of benzene rings is 1. The Morgan fingerprint density at radius 2 is 1.90 bits per heavy atom. The average molecular weight is 307 g/mol. The fraction of sp³-hybridized carbons (Fsp3) is 0.571. The molecule has 120 valence electrons. The van der Waals surface area contributed by atoms with E-state index >= 15 is 0 Å². The Labute approximate surface area is 122 Å². The molecule has 0 aliphatic heterocycles. The summed E-state index contributed by atoms with van der Waals surface area (Å²) >= 11 is 0. The van der Waals surface area contributed by atoms with Crippen molar-refractivity contribution in [2.24, 2.45) is 0 Å². The summed E-state index contributed by atoms with van der Waals surface area (Å²) in [6.07, 6.45) is -4.32. The fourth-order valence-corrected chi connectivity index (χ4v) is 1.71. The van der Waals surface area contributed by atoms with E-state index < -0.39 is 12.8 Å². The average Bonchev–Trinajstić information content (AvgIpc) is 2.40. The topological polar surface area (TPSA) is 39.7 Å². The van der Waals surface area contributed by atoms with Crippen molar-refractivity contribution in [1.29, 1.82) is 0 Å². The predicted molar refractivity (Wildman–Crippen MR) is 72.7 cm³/mol. The van der Waals surface area contributed by atoms with Crippen LogP contribution in [0.25, 0.3) is 0 Å². The second kappa shape index (κ2) is 8.74. The molecule has 0 radical (unpaired) electrons. The molecule has 0 aromatic heterocycles. The number of hydrogen-bond acceptors (Lipinski definition) is 4. The molecule has 7 heteroatoms. The van der Waals surface area contributed by atoms with E-state index in [1.807, 2.05) is 19.1 Å². The molecule has 0 aliphatic rings. The Balaban J connectivity index is 2.58. The van der Waals surface area contributed by atoms with E-state index in [0.29, 0.717) is 24.7 Å². The summed E-state index contributed by atoms with van der Waals surface area (Å²) in [5.74, 6) is 1.10. The Hall–Kier alpha value is -1.47. The molecule has 1 aromatic rings. The molecule has 1 N–H and O–H groups in total. The van der Waals surface area contributed by atoms with Crippen LogP contribution in [0.4, 0.5) is 13.2 Å². The number of para-hydroxylation sites is 1. The standard InChI is InChI=1S/C14H20F3NO3/c1-3-20-12-6-4-5-11(9-18-2)13(12)21-8-7-19-10-14(15,16)17/h4-6,18H,3,7-10H2,1-2H3. The van der Waals surface area contributed by atoms with Crippen LogP contribution in [0.2, 0.25) is 0 Å². The van der Waals surface area contributed by atoms with E-state index in [0.717, 1.165) is 5.56 Å². The summed E-state index contributed by atoms with van der Waals surface area (Å²) in [6, 6.07) is 5.46. The lowest BCUT2D eigenvalue weighted by atomic mass is 10.2. The zero-order chi connectivity index (χ0) is 15.7. The van der Waals surface area contributed by atoms with Gasteiger partial charge in [-0.25, -0.2) is 0 Å². The first-order valence-corrected chi connectivity index (χ1v) is 6.64. The third-order valence-corrected chi connectivity index (χ3v) is 2.47. The van der Waals surface area contributed by atoms with Gasteiger partial charge in [0.15, 0.2) is 11.5 Å². The lowest BCUT2D eigenvalue weighted by Gasteiger charge is -2.16. The zero-order valence-electron chi connectivity index (χ0n) is 12.1. The Kier molecular flexibility index (Phi) is 7.31. The van der Waals surface area contributed by atoms with E-state index in [1.54, 1.807) is 13.1 Å². The molecule has 0 atom stereocenters. The van der Waals surface area contributed by atoms with Crippen LogP contribution >= 0.6 is 0 Å². The van der Waals surface area contributed by atoms with E-state index in [4.69, 9.17) is 9.47 Å². The number of ether oxygens (including phenoxy) is 3. The van der Waals surface area contributed by atoms with Gasteiger partial charge in [-0.1, -0.05) is 12.1 Å². The summed E-state index contributed by atoms with van der Waals surface area (Å²) < 4.78 is 51.3. The third kappa shape index (κ3) is 6.68. The molecule has 0 saturated carbocycles. The molecule has 0 heterocycles. The summed E-state index contributed by atoms with van der Waals surface area (Å²) in [7, 11) is 1.80. The van der Waals surface area contributed by atoms with Gasteiger partial charge in [0.05, 0.1) is 13.2 Å². The largest absolute Gasteiger partial charge is 0.490 e. The van der Waals surface area contributed by atoms with Crippen molar-refractivity contribution >= 4 is 0 Å². The number of alkyl halides is 3. The number of halogens is 3. The van der Waals surface area contributed by atoms with Crippen LogP contribution in [-0.2, 0) is 11.3 Å². The summed E-state index contributed by atoms with van der Waals surface area (Å²) in [5, 5.41) is 3.00. The smallest absolute Gasteiger partial charge is 0.411 e. The van der Waals surface area contributed by atoms with Crippen LogP contribution in [0.15, 0.2) is 18.2 Å². The van der Waals surface area contributed by atoms with E-state index in [9.17, 15) is 13.2 Å². The molecule has 0 amide bonds. The van der Waals surface area contributed by atoms with Gasteiger partial charge in [-0.2, -0.15) is 13.2 Å². The maximum atomic E-state index is 11.9. The normalized spacial score (nSPS) is 11.5. The van der Waals surface area contributed by atoms with Crippen LogP contribution in [0.1, 0.15) is 12.5 Å². The second-order valence-corrected chi connectivity index (χ2v) is 4.22. The first-order valence-electron chi connectivity index (χ1n) is 6.64. The van der Waals surface area contributed by atoms with Crippen molar-refractivity contribution in [1.82, 2.24) is 5.32 Å². The van der Waals surface area contributed by atoms with Gasteiger partial charge >= 0.3 is 6.18 Å². The highest BCUT2D eigenvalue weighted by Crippen LogP contribution is 2.31. The van der Waals surface area contributed by atoms with Gasteiger partial charge in [0, 0.05) is 12.1 Å². The van der Waals surface area contributed by atoms with E-state index in [1.165, 1.54) is 0 Å². The molecule has 4 nitrogen and oxygen atoms in total. The van der Waals surface area contributed by atoms with Gasteiger partial charge in [0.1, 0.15) is 13.2 Å². The highest BCUT2D eigenvalue weighted by molar-refractivity contribution is 5.46. The van der Waals surface area contributed by atoms with Gasteiger partial charge in [-0.3, -0.25) is 0 Å². The number of hydrogen-bond donors (Lipinski definition) is 1. The monoisotopic (exact) mass is 307 g/mol. The SMILES string of the molecule is CCOc1cccc(CNC)c1OCCOCC(F)(F)F. The number of nitrogens with one attached hydrogen (secondary N) is 1. The minimum atomic E-state index is -4.32. The van der Waals surface area contributed by atoms with Crippen molar-refractivity contribution in [3.63, 3.8) is 0 Å². The van der Waals surface area contributed by atoms with Crippen molar-refractivity contribution < 1.29 is 27.4 Å². The highest BCUT2D eigenvalue weighted by atomic mass is 19.4. The molecule has 0 unspecified atom stereocenters. The van der Waals surface area contributed by atoms with Gasteiger partial charge in [-0.15, -0.1) is 0 Å². The molecule has 0 spiro atoms. The minimum Gasteiger partial charge on any atom is -0.490 e. The molecule has 1 rings (SSSR count). The Morgan fingerprint density at radius 1 is 1.14 bits per heavy atom. The van der Waals surface area contributed by atoms with Crippen molar-refractivity contribution in [3.05, 3.63) is 23.8 Å². The lowest BCUT2D eigenvalue weighted by Crippen LogP contribution is -2.20. The van der Waals surface area contributed by atoms with Crippen molar-refractivity contribution in [3.8, 4) is 11.5 Å². The quantitative estimate of drug-likeness (QED) is 0.712. The molecule has 0 bridgehead atoms. The maximum absolute atomic E-state index is 11.9. The van der Waals surface area contributed by atoms with Crippen LogP contribution in [0.3, 0.4) is 0 Å². The first kappa shape index (κ1) is 17.6. The minimum absolute atomic E-state index is 0.0247. The zero-order valence-corrected chi connectivity index (χ0v) is 12.1. The summed E-state index contributed by atoms with van der Waals surface area (Å²) in [6.45, 7) is 1.51. The molecule has 21 heavy (non-hydrogen) atoms. The van der Waals surface area contributed by atoms with Crippen LogP contribution in [0, 0.1) is 0 Å². The maximum Gasteiger partial charge on any atom is 0.411 e. The Bertz CT molecular complexity index is 400. The van der Waals surface area contributed by atoms with E-state index in [-0.39, 0.29) is 13.2 Å². The molecule has 0 aliphatic carbocycles. The van der Waals surface area contributed by atoms with E-state index in [2.05, 4.69) is 10.1 Å². The summed E-state index contributed by atoms with van der Waals surface area (Å²) in [5.41, 5.74) is 0.874. The molecular formula is C14H20F3NO3. The summed E-state index contributed by atoms with van der Waals surface area (Å²) in [4.78, 5) is 0.